The van der Waals surface area contributed by atoms with E-state index in [1.165, 1.54) is 16.7 Å². The van der Waals surface area contributed by atoms with Crippen LogP contribution in [-0.4, -0.2) is 13.3 Å². The molecule has 2 aromatic carbocycles. The van der Waals surface area contributed by atoms with E-state index < -0.39 is 7.14 Å². The summed E-state index contributed by atoms with van der Waals surface area (Å²) >= 11 is 0. The van der Waals surface area contributed by atoms with Crippen LogP contribution in [0.1, 0.15) is 12.5 Å². The summed E-state index contributed by atoms with van der Waals surface area (Å²) in [7, 11) is -2.14. The quantitative estimate of drug-likeness (QED) is 0.755. The summed E-state index contributed by atoms with van der Waals surface area (Å²) in [4.78, 5) is 0. The van der Waals surface area contributed by atoms with Crippen LogP contribution in [0.15, 0.2) is 48.5 Å². The maximum Gasteiger partial charge on any atom is 0.109 e. The Morgan fingerprint density at radius 1 is 0.944 bits per heavy atom. The van der Waals surface area contributed by atoms with Gasteiger partial charge in [0.25, 0.3) is 0 Å². The lowest BCUT2D eigenvalue weighted by Gasteiger charge is -2.09. The molecule has 2 heteroatoms. The third-order valence-electron chi connectivity index (χ3n) is 3.16. The molecule has 2 aromatic rings. The van der Waals surface area contributed by atoms with E-state index in [0.717, 1.165) is 11.7 Å². The molecule has 0 aliphatic carbocycles. The van der Waals surface area contributed by atoms with E-state index in [0.29, 0.717) is 0 Å². The molecule has 1 nitrogen and oxygen atoms in total. The molecule has 2 rings (SSSR count). The minimum atomic E-state index is -2.14. The van der Waals surface area contributed by atoms with Gasteiger partial charge >= 0.3 is 0 Å². The molecule has 0 aliphatic heterocycles. The molecular formula is C16H19OP. The Labute approximate surface area is 109 Å². The molecule has 0 atom stereocenters. The molecule has 94 valence electrons. The summed E-state index contributed by atoms with van der Waals surface area (Å²) in [5.74, 6) is 0. The van der Waals surface area contributed by atoms with Crippen LogP contribution in [-0.2, 0) is 11.0 Å². The largest absolute Gasteiger partial charge is 0.319 e. The molecule has 0 saturated heterocycles. The Hall–Kier alpha value is -1.33. The Morgan fingerprint density at radius 2 is 1.61 bits per heavy atom. The third-order valence-corrected chi connectivity index (χ3v) is 4.70. The fourth-order valence-corrected chi connectivity index (χ4v) is 2.85. The lowest BCUT2D eigenvalue weighted by molar-refractivity contribution is 0.588. The zero-order chi connectivity index (χ0) is 13.2. The van der Waals surface area contributed by atoms with E-state index in [1.54, 1.807) is 13.3 Å². The van der Waals surface area contributed by atoms with Crippen molar-refractivity contribution in [2.75, 3.05) is 13.3 Å². The van der Waals surface area contributed by atoms with Gasteiger partial charge in [-0.05, 0) is 36.4 Å². The van der Waals surface area contributed by atoms with Gasteiger partial charge in [-0.1, -0.05) is 55.5 Å². The lowest BCUT2D eigenvalue weighted by atomic mass is 10.0. The maximum absolute atomic E-state index is 12.0. The summed E-state index contributed by atoms with van der Waals surface area (Å²) in [6, 6.07) is 16.6. The molecular weight excluding hydrogens is 239 g/mol. The van der Waals surface area contributed by atoms with E-state index >= 15 is 0 Å². The second-order valence-electron chi connectivity index (χ2n) is 4.95. The maximum atomic E-state index is 12.0. The van der Waals surface area contributed by atoms with Gasteiger partial charge in [-0.3, -0.25) is 0 Å². The molecule has 0 N–H and O–H groups in total. The first-order valence-corrected chi connectivity index (χ1v) is 8.86. The third kappa shape index (κ3) is 2.91. The molecule has 0 heterocycles. The van der Waals surface area contributed by atoms with Crippen molar-refractivity contribution < 1.29 is 4.57 Å². The highest BCUT2D eigenvalue weighted by Gasteiger charge is 2.10. The molecule has 0 unspecified atom stereocenters. The monoisotopic (exact) mass is 258 g/mol. The van der Waals surface area contributed by atoms with E-state index in [1.807, 2.05) is 12.1 Å². The van der Waals surface area contributed by atoms with Gasteiger partial charge in [-0.25, -0.2) is 0 Å². The highest BCUT2D eigenvalue weighted by atomic mass is 31.2. The Balaban J connectivity index is 2.37. The molecule has 0 aliphatic rings. The van der Waals surface area contributed by atoms with Crippen LogP contribution >= 0.6 is 7.14 Å². The van der Waals surface area contributed by atoms with Crippen molar-refractivity contribution in [3.63, 3.8) is 0 Å². The van der Waals surface area contributed by atoms with Crippen LogP contribution in [0.2, 0.25) is 0 Å². The van der Waals surface area contributed by atoms with Crippen LogP contribution in [0.5, 0.6) is 0 Å². The Kier molecular flexibility index (Phi) is 3.73. The summed E-state index contributed by atoms with van der Waals surface area (Å²) in [5, 5.41) is 0.942. The highest BCUT2D eigenvalue weighted by Crippen LogP contribution is 2.35. The second-order valence-corrected chi connectivity index (χ2v) is 8.17. The number of hydrogen-bond acceptors (Lipinski definition) is 1. The fraction of sp³-hybridized carbons (Fsp3) is 0.250. The molecule has 0 radical (unpaired) electrons. The van der Waals surface area contributed by atoms with Crippen molar-refractivity contribution in [1.29, 1.82) is 0 Å². The van der Waals surface area contributed by atoms with E-state index in [-0.39, 0.29) is 0 Å². The summed E-state index contributed by atoms with van der Waals surface area (Å²) in [6.07, 6.45) is 1.05. The summed E-state index contributed by atoms with van der Waals surface area (Å²) < 4.78 is 12.0. The van der Waals surface area contributed by atoms with Gasteiger partial charge in [0.2, 0.25) is 0 Å². The van der Waals surface area contributed by atoms with Crippen molar-refractivity contribution in [3.8, 4) is 11.1 Å². The van der Waals surface area contributed by atoms with Gasteiger partial charge in [0, 0.05) is 5.30 Å². The zero-order valence-corrected chi connectivity index (χ0v) is 12.1. The zero-order valence-electron chi connectivity index (χ0n) is 11.2. The van der Waals surface area contributed by atoms with E-state index in [2.05, 4.69) is 43.3 Å². The van der Waals surface area contributed by atoms with Crippen LogP contribution in [0.3, 0.4) is 0 Å². The van der Waals surface area contributed by atoms with Crippen LogP contribution in [0, 0.1) is 0 Å². The first-order chi connectivity index (χ1) is 8.50. The first kappa shape index (κ1) is 13.1. The van der Waals surface area contributed by atoms with Gasteiger partial charge in [0.05, 0.1) is 0 Å². The average Bonchev–Trinajstić information content (AvgIpc) is 2.38. The van der Waals surface area contributed by atoms with Crippen molar-refractivity contribution >= 4 is 12.4 Å². The van der Waals surface area contributed by atoms with Crippen molar-refractivity contribution in [3.05, 3.63) is 54.1 Å². The molecule has 0 amide bonds. The topological polar surface area (TPSA) is 17.1 Å². The van der Waals surface area contributed by atoms with Crippen LogP contribution in [0.25, 0.3) is 11.1 Å². The smallest absolute Gasteiger partial charge is 0.109 e. The molecule has 0 aromatic heterocycles. The molecule has 0 spiro atoms. The lowest BCUT2D eigenvalue weighted by Crippen LogP contribution is -2.01. The minimum absolute atomic E-state index is 0.942. The normalized spacial score (nSPS) is 11.5. The minimum Gasteiger partial charge on any atom is -0.319 e. The summed E-state index contributed by atoms with van der Waals surface area (Å²) in [5.41, 5.74) is 3.75. The number of aryl methyl sites for hydroxylation is 1. The molecule has 0 bridgehead atoms. The number of benzene rings is 2. The first-order valence-electron chi connectivity index (χ1n) is 6.25. The molecule has 0 saturated carbocycles. The summed E-state index contributed by atoms with van der Waals surface area (Å²) in [6.45, 7) is 5.77. The number of hydrogen-bond donors (Lipinski definition) is 0. The van der Waals surface area contributed by atoms with Gasteiger partial charge in [0.1, 0.15) is 7.14 Å². The van der Waals surface area contributed by atoms with E-state index in [4.69, 9.17) is 0 Å². The van der Waals surface area contributed by atoms with Crippen molar-refractivity contribution in [2.24, 2.45) is 0 Å². The fourth-order valence-electron chi connectivity index (χ4n) is 1.98. The SMILES string of the molecule is CCc1cccc(-c2ccc(P(C)(C)=O)cc2)c1. The van der Waals surface area contributed by atoms with Gasteiger partial charge < -0.3 is 4.57 Å². The second kappa shape index (κ2) is 5.12. The van der Waals surface area contributed by atoms with Crippen molar-refractivity contribution in [2.45, 2.75) is 13.3 Å². The van der Waals surface area contributed by atoms with E-state index in [9.17, 15) is 4.57 Å². The van der Waals surface area contributed by atoms with Crippen molar-refractivity contribution in [1.82, 2.24) is 0 Å². The van der Waals surface area contributed by atoms with Crippen LogP contribution in [0.4, 0.5) is 0 Å². The van der Waals surface area contributed by atoms with Gasteiger partial charge in [0.15, 0.2) is 0 Å². The standard InChI is InChI=1S/C16H19OP/c1-4-13-6-5-7-15(12-13)14-8-10-16(11-9-14)18(2,3)17/h5-12H,4H2,1-3H3. The number of rotatable bonds is 3. The molecule has 18 heavy (non-hydrogen) atoms. The highest BCUT2D eigenvalue weighted by molar-refractivity contribution is 7.70. The average molecular weight is 258 g/mol. The van der Waals surface area contributed by atoms with Gasteiger partial charge in [-0.15, -0.1) is 0 Å². The van der Waals surface area contributed by atoms with Crippen LogP contribution < -0.4 is 5.30 Å². The van der Waals surface area contributed by atoms with Gasteiger partial charge in [-0.2, -0.15) is 0 Å². The predicted molar refractivity (Wildman–Crippen MR) is 80.3 cm³/mol. The Morgan fingerprint density at radius 3 is 2.17 bits per heavy atom. The molecule has 0 fully saturated rings. The Bertz CT molecular complexity index is 578. The predicted octanol–water partition coefficient (Wildman–Crippen LogP) is 4.16.